The van der Waals surface area contributed by atoms with Gasteiger partial charge in [-0.2, -0.15) is 0 Å². The van der Waals surface area contributed by atoms with Crippen LogP contribution in [0.2, 0.25) is 0 Å². The summed E-state index contributed by atoms with van der Waals surface area (Å²) in [7, 11) is 0. The molecule has 2 unspecified atom stereocenters. The Morgan fingerprint density at radius 3 is 2.83 bits per heavy atom. The Morgan fingerprint density at radius 2 is 2.11 bits per heavy atom. The minimum Gasteiger partial charge on any atom is -0.376 e. The molecule has 2 aliphatic rings. The number of amides is 1. The van der Waals surface area contributed by atoms with Crippen LogP contribution in [0.1, 0.15) is 39.0 Å². The molecule has 2 N–H and O–H groups in total. The van der Waals surface area contributed by atoms with Crippen LogP contribution in [0.3, 0.4) is 0 Å². The molecule has 2 rings (SSSR count). The molecule has 2 fully saturated rings. The molecule has 1 heterocycles. The Labute approximate surface area is 110 Å². The van der Waals surface area contributed by atoms with Gasteiger partial charge in [0, 0.05) is 13.1 Å². The van der Waals surface area contributed by atoms with Gasteiger partial charge < -0.3 is 15.4 Å². The van der Waals surface area contributed by atoms with Gasteiger partial charge in [0.2, 0.25) is 5.91 Å². The van der Waals surface area contributed by atoms with Gasteiger partial charge in [-0.15, -0.1) is 0 Å². The van der Waals surface area contributed by atoms with E-state index in [1.165, 1.54) is 25.7 Å². The molecule has 1 aliphatic carbocycles. The van der Waals surface area contributed by atoms with Crippen LogP contribution in [-0.2, 0) is 9.53 Å². The van der Waals surface area contributed by atoms with Gasteiger partial charge in [0.1, 0.15) is 0 Å². The van der Waals surface area contributed by atoms with Crippen molar-refractivity contribution in [2.24, 2.45) is 11.8 Å². The molecule has 18 heavy (non-hydrogen) atoms. The van der Waals surface area contributed by atoms with Crippen molar-refractivity contribution in [1.29, 1.82) is 0 Å². The molecule has 1 amide bonds. The predicted molar refractivity (Wildman–Crippen MR) is 71.4 cm³/mol. The largest absolute Gasteiger partial charge is 0.376 e. The standard InChI is InChI=1S/C14H26N2O2/c1-11-8-12(10-15-9-11)14(17)16-6-7-18-13-4-2-3-5-13/h11-13,15H,2-10H2,1H3,(H,16,17). The van der Waals surface area contributed by atoms with Crippen molar-refractivity contribution < 1.29 is 9.53 Å². The second-order valence-electron chi connectivity index (χ2n) is 5.76. The van der Waals surface area contributed by atoms with E-state index in [1.54, 1.807) is 0 Å². The molecule has 1 aliphatic heterocycles. The topological polar surface area (TPSA) is 50.4 Å². The van der Waals surface area contributed by atoms with E-state index in [0.29, 0.717) is 25.2 Å². The molecular formula is C14H26N2O2. The lowest BCUT2D eigenvalue weighted by atomic mass is 9.91. The van der Waals surface area contributed by atoms with Gasteiger partial charge >= 0.3 is 0 Å². The molecule has 0 aromatic carbocycles. The van der Waals surface area contributed by atoms with Crippen molar-refractivity contribution in [3.05, 3.63) is 0 Å². The van der Waals surface area contributed by atoms with Crippen molar-refractivity contribution in [1.82, 2.24) is 10.6 Å². The number of carbonyl (C=O) groups excluding carboxylic acids is 1. The summed E-state index contributed by atoms with van der Waals surface area (Å²) in [5, 5.41) is 6.30. The van der Waals surface area contributed by atoms with Crippen molar-refractivity contribution in [2.45, 2.75) is 45.1 Å². The van der Waals surface area contributed by atoms with Crippen LogP contribution in [0.4, 0.5) is 0 Å². The highest BCUT2D eigenvalue weighted by atomic mass is 16.5. The van der Waals surface area contributed by atoms with Crippen LogP contribution in [-0.4, -0.2) is 38.3 Å². The van der Waals surface area contributed by atoms with E-state index >= 15 is 0 Å². The quantitative estimate of drug-likeness (QED) is 0.727. The maximum atomic E-state index is 11.9. The van der Waals surface area contributed by atoms with E-state index in [1.807, 2.05) is 0 Å². The number of hydrogen-bond donors (Lipinski definition) is 2. The van der Waals surface area contributed by atoms with Crippen LogP contribution in [0, 0.1) is 11.8 Å². The van der Waals surface area contributed by atoms with Crippen molar-refractivity contribution >= 4 is 5.91 Å². The lowest BCUT2D eigenvalue weighted by Crippen LogP contribution is -2.44. The highest BCUT2D eigenvalue weighted by Gasteiger charge is 2.24. The third-order valence-corrected chi connectivity index (χ3v) is 4.00. The smallest absolute Gasteiger partial charge is 0.224 e. The highest BCUT2D eigenvalue weighted by Crippen LogP contribution is 2.20. The van der Waals surface area contributed by atoms with Gasteiger partial charge in [-0.05, 0) is 31.7 Å². The maximum absolute atomic E-state index is 11.9. The van der Waals surface area contributed by atoms with Crippen molar-refractivity contribution in [2.75, 3.05) is 26.2 Å². The zero-order chi connectivity index (χ0) is 12.8. The van der Waals surface area contributed by atoms with Gasteiger partial charge in [-0.3, -0.25) is 4.79 Å². The van der Waals surface area contributed by atoms with Crippen LogP contribution < -0.4 is 10.6 Å². The third kappa shape index (κ3) is 4.25. The lowest BCUT2D eigenvalue weighted by molar-refractivity contribution is -0.126. The normalized spacial score (nSPS) is 29.4. The van der Waals surface area contributed by atoms with E-state index in [2.05, 4.69) is 17.6 Å². The average Bonchev–Trinajstić information content (AvgIpc) is 2.87. The fraction of sp³-hybridized carbons (Fsp3) is 0.929. The Morgan fingerprint density at radius 1 is 1.33 bits per heavy atom. The highest BCUT2D eigenvalue weighted by molar-refractivity contribution is 5.78. The SMILES string of the molecule is CC1CNCC(C(=O)NCCOC2CCCC2)C1. The number of hydrogen-bond acceptors (Lipinski definition) is 3. The minimum atomic E-state index is 0.139. The molecule has 0 radical (unpaired) electrons. The maximum Gasteiger partial charge on any atom is 0.224 e. The summed E-state index contributed by atoms with van der Waals surface area (Å²) >= 11 is 0. The molecule has 0 spiro atoms. The molecule has 0 bridgehead atoms. The summed E-state index contributed by atoms with van der Waals surface area (Å²) in [5.74, 6) is 0.925. The summed E-state index contributed by atoms with van der Waals surface area (Å²) in [4.78, 5) is 11.9. The first kappa shape index (κ1) is 13.8. The van der Waals surface area contributed by atoms with Gasteiger partial charge in [0.25, 0.3) is 0 Å². The van der Waals surface area contributed by atoms with E-state index in [9.17, 15) is 4.79 Å². The van der Waals surface area contributed by atoms with Crippen LogP contribution in [0.25, 0.3) is 0 Å². The summed E-state index contributed by atoms with van der Waals surface area (Å²) in [6.45, 7) is 5.36. The summed E-state index contributed by atoms with van der Waals surface area (Å²) in [5.41, 5.74) is 0. The van der Waals surface area contributed by atoms with E-state index in [-0.39, 0.29) is 11.8 Å². The molecule has 0 aromatic rings. The minimum absolute atomic E-state index is 0.139. The number of ether oxygens (including phenoxy) is 1. The second-order valence-corrected chi connectivity index (χ2v) is 5.76. The summed E-state index contributed by atoms with van der Waals surface area (Å²) < 4.78 is 5.73. The number of rotatable bonds is 5. The summed E-state index contributed by atoms with van der Waals surface area (Å²) in [6.07, 6.45) is 6.42. The molecule has 104 valence electrons. The Balaban J connectivity index is 1.56. The molecule has 4 heteroatoms. The lowest BCUT2D eigenvalue weighted by Gasteiger charge is -2.26. The van der Waals surface area contributed by atoms with Gasteiger partial charge in [-0.1, -0.05) is 19.8 Å². The van der Waals surface area contributed by atoms with E-state index in [4.69, 9.17) is 4.74 Å². The second kappa shape index (κ2) is 7.10. The third-order valence-electron chi connectivity index (χ3n) is 4.00. The Kier molecular flexibility index (Phi) is 5.45. The predicted octanol–water partition coefficient (Wildman–Crippen LogP) is 1.31. The van der Waals surface area contributed by atoms with Crippen LogP contribution in [0.5, 0.6) is 0 Å². The molecule has 1 saturated heterocycles. The van der Waals surface area contributed by atoms with Crippen molar-refractivity contribution in [3.63, 3.8) is 0 Å². The first-order chi connectivity index (χ1) is 8.75. The molecule has 2 atom stereocenters. The fourth-order valence-corrected chi connectivity index (χ4v) is 2.96. The average molecular weight is 254 g/mol. The first-order valence-electron chi connectivity index (χ1n) is 7.35. The van der Waals surface area contributed by atoms with Gasteiger partial charge in [-0.25, -0.2) is 0 Å². The van der Waals surface area contributed by atoms with Crippen LogP contribution >= 0.6 is 0 Å². The van der Waals surface area contributed by atoms with Gasteiger partial charge in [0.15, 0.2) is 0 Å². The first-order valence-corrected chi connectivity index (χ1v) is 7.35. The van der Waals surface area contributed by atoms with Gasteiger partial charge in [0.05, 0.1) is 18.6 Å². The Bertz CT molecular complexity index is 265. The van der Waals surface area contributed by atoms with Crippen LogP contribution in [0.15, 0.2) is 0 Å². The van der Waals surface area contributed by atoms with Crippen molar-refractivity contribution in [3.8, 4) is 0 Å². The Hall–Kier alpha value is -0.610. The summed E-state index contributed by atoms with van der Waals surface area (Å²) in [6, 6.07) is 0. The van der Waals surface area contributed by atoms with E-state index in [0.717, 1.165) is 19.5 Å². The number of nitrogens with one attached hydrogen (secondary N) is 2. The molecule has 0 aromatic heterocycles. The zero-order valence-electron chi connectivity index (χ0n) is 11.4. The zero-order valence-corrected chi connectivity index (χ0v) is 11.4. The monoisotopic (exact) mass is 254 g/mol. The fourth-order valence-electron chi connectivity index (χ4n) is 2.96. The molecular weight excluding hydrogens is 228 g/mol. The van der Waals surface area contributed by atoms with E-state index < -0.39 is 0 Å². The molecule has 1 saturated carbocycles. The number of carbonyl (C=O) groups is 1. The molecule has 4 nitrogen and oxygen atoms in total. The number of piperidine rings is 1.